The van der Waals surface area contributed by atoms with E-state index in [0.717, 1.165) is 42.5 Å². The number of nitrogens with zero attached hydrogens (tertiary/aromatic N) is 5. The van der Waals surface area contributed by atoms with Crippen molar-refractivity contribution < 1.29 is 93.8 Å². The number of carbonyl (C=O) groups excluding carboxylic acids is 7. The number of sulfonamides is 3. The molecule has 35 nitrogen and oxygen atoms in total. The molecular weight excluding hydrogens is 2000 g/mol. The van der Waals surface area contributed by atoms with Crippen molar-refractivity contribution in [2.24, 2.45) is 0 Å². The van der Waals surface area contributed by atoms with Crippen LogP contribution in [0.5, 0.6) is 0 Å². The van der Waals surface area contributed by atoms with E-state index in [1.807, 2.05) is 24.3 Å². The number of benzene rings is 6. The number of anilines is 6. The number of likely N-dealkylation sites (tertiary alicyclic amines) is 2. The van der Waals surface area contributed by atoms with Gasteiger partial charge in [-0.25, -0.2) is 83.1 Å². The van der Waals surface area contributed by atoms with Gasteiger partial charge in [-0.2, -0.15) is 40.5 Å². The first-order valence-electron chi connectivity index (χ1n) is 43.8. The zero-order valence-electron chi connectivity index (χ0n) is 81.2. The molecule has 12 N–H and O–H groups in total. The Balaban J connectivity index is 0.000000982. The number of carboxylic acids is 1. The molecule has 7 amide bonds. The van der Waals surface area contributed by atoms with Crippen molar-refractivity contribution in [3.05, 3.63) is 146 Å². The monoisotopic (exact) mass is 2140 g/mol. The molecule has 12 rings (SSSR count). The Kier molecular flexibility index (Phi) is 48.4. The zero-order chi connectivity index (χ0) is 99.8. The van der Waals surface area contributed by atoms with Crippen molar-refractivity contribution in [2.75, 3.05) is 52.0 Å². The molecule has 3 aromatic heterocycles. The van der Waals surface area contributed by atoms with E-state index in [9.17, 15) is 63.6 Å². The summed E-state index contributed by atoms with van der Waals surface area (Å²) in [7, 11) is -11.8. The van der Waals surface area contributed by atoms with Crippen LogP contribution in [0.1, 0.15) is 215 Å². The fourth-order valence-corrected chi connectivity index (χ4v) is 21.7. The smallest absolute Gasteiger partial charge is 0.411 e. The Hall–Kier alpha value is -10.5. The lowest BCUT2D eigenvalue weighted by Crippen LogP contribution is -2.45. The maximum atomic E-state index is 13.7. The summed E-state index contributed by atoms with van der Waals surface area (Å²) in [6, 6.07) is 34.0. The fraction of sp³-hybridized carbons (Fsp3) is 0.459. The number of aromatic nitrogens is 3. The number of nitrogen functional groups attached to an aromatic ring is 1. The van der Waals surface area contributed by atoms with Crippen molar-refractivity contribution in [3.63, 3.8) is 0 Å². The van der Waals surface area contributed by atoms with Crippen LogP contribution in [0.25, 0.3) is 63.0 Å². The quantitative estimate of drug-likeness (QED) is 0.0209. The van der Waals surface area contributed by atoms with Gasteiger partial charge in [-0.3, -0.25) is 35.3 Å². The van der Waals surface area contributed by atoms with Gasteiger partial charge < -0.3 is 50.5 Å². The number of hydrogen-bond acceptors (Lipinski definition) is 27. The van der Waals surface area contributed by atoms with Gasteiger partial charge in [0.2, 0.25) is 41.9 Å². The minimum absolute atomic E-state index is 0. The topological polar surface area (TPSA) is 485 Å². The molecule has 0 radical (unpaired) electrons. The third kappa shape index (κ3) is 38.9. The fourth-order valence-electron chi connectivity index (χ4n) is 13.7. The van der Waals surface area contributed by atoms with Gasteiger partial charge in [-0.15, -0.1) is 34.0 Å². The number of nitrogens with one attached hydrogen (secondary N) is 9. The molecule has 6 aromatic carbocycles. The third-order valence-corrected chi connectivity index (χ3v) is 27.5. The van der Waals surface area contributed by atoms with Gasteiger partial charge in [-0.05, 0) is 300 Å². The second kappa shape index (κ2) is 53.9. The number of aliphatic carboxylic acids is 1. The van der Waals surface area contributed by atoms with E-state index in [1.54, 1.807) is 249 Å². The zero-order valence-corrected chi connectivity index (χ0v) is 89.1. The molecule has 3 aliphatic heterocycles. The number of amides is 7. The van der Waals surface area contributed by atoms with Crippen molar-refractivity contribution in [1.29, 1.82) is 0 Å². The van der Waals surface area contributed by atoms with E-state index in [4.69, 9.17) is 34.5 Å². The third-order valence-electron chi connectivity index (χ3n) is 18.9. The van der Waals surface area contributed by atoms with E-state index in [0.29, 0.717) is 107 Å². The molecule has 0 unspecified atom stereocenters. The molecule has 142 heavy (non-hydrogen) atoms. The molecule has 9 aromatic rings. The Morgan fingerprint density at radius 3 is 1.01 bits per heavy atom. The van der Waals surface area contributed by atoms with E-state index in [2.05, 4.69) is 61.0 Å². The van der Waals surface area contributed by atoms with Gasteiger partial charge in [0.25, 0.3) is 0 Å². The Bertz CT molecular complexity index is 6090. The van der Waals surface area contributed by atoms with E-state index in [1.165, 1.54) is 62.0 Å². The minimum atomic E-state index is -4.06. The summed E-state index contributed by atoms with van der Waals surface area (Å²) in [4.78, 5) is 115. The summed E-state index contributed by atoms with van der Waals surface area (Å²) in [6.45, 7) is 38.7. The van der Waals surface area contributed by atoms with Crippen molar-refractivity contribution in [1.82, 2.24) is 44.2 Å². The number of nitrogens with two attached hydrogens (primary N) is 1. The highest BCUT2D eigenvalue weighted by molar-refractivity contribution is 7.90. The van der Waals surface area contributed by atoms with Crippen LogP contribution in [0.4, 0.5) is 58.1 Å². The lowest BCUT2D eigenvalue weighted by molar-refractivity contribution is -0.142. The predicted octanol–water partition coefficient (Wildman–Crippen LogP) is 21.7. The summed E-state index contributed by atoms with van der Waals surface area (Å²) in [5.74, 6) is -1.57. The van der Waals surface area contributed by atoms with Crippen LogP contribution in [-0.4, -0.2) is 187 Å². The number of carboxylic acid groups (broad SMARTS) is 1. The molecule has 6 heterocycles. The van der Waals surface area contributed by atoms with E-state index < -0.39 is 112 Å². The highest BCUT2D eigenvalue weighted by Crippen LogP contribution is 2.42. The minimum Gasteiger partial charge on any atom is -0.480 e. The number of hydrogen-bond donors (Lipinski definition) is 11. The second-order valence-electron chi connectivity index (χ2n) is 37.9. The Labute approximate surface area is 872 Å². The maximum absolute atomic E-state index is 13.7. The average molecular weight is 2140 g/mol. The average Bonchev–Trinajstić information content (AvgIpc) is 1.66. The number of rotatable bonds is 23. The lowest BCUT2D eigenvalue weighted by atomic mass is 10.1. The predicted molar refractivity (Wildman–Crippen MR) is 587 cm³/mol. The van der Waals surface area contributed by atoms with E-state index >= 15 is 0 Å². The lowest BCUT2D eigenvalue weighted by Gasteiger charge is -2.28. The summed E-state index contributed by atoms with van der Waals surface area (Å²) in [5, 5.41) is 27.8. The van der Waals surface area contributed by atoms with Crippen LogP contribution in [0, 0.1) is 0 Å². The van der Waals surface area contributed by atoms with Crippen LogP contribution in [0.15, 0.2) is 161 Å². The molecule has 0 bridgehead atoms. The molecule has 0 spiro atoms. The van der Waals surface area contributed by atoms with Crippen LogP contribution >= 0.6 is 74.5 Å². The van der Waals surface area contributed by atoms with Crippen molar-refractivity contribution in [2.45, 2.75) is 293 Å². The van der Waals surface area contributed by atoms with Gasteiger partial charge >= 0.3 is 36.4 Å². The standard InChI is InChI=1S/C33H43N5O7S2.C28H35N5O5S2.C23H28N4O4S2.C10H17NO4.4CH4.3H2S.H2/c1-20(2)44-30(40)36-22-13-11-21(12-14-22)29-34-19-26(46-29)24-16-15-23(18-27(24)47(42,43)37-32(3,4)5)35-28(39)25-10-9-17-38(25)31(41)45-33(6,7)8;1-17(2)38-27(35)32-19-10-8-18(9-11-19)26-30-16-23(39-26)21-13-12-20(31-25(34)22-7-6-14-29-22)15-24(21)40(36,37)33-28(3,4)5;1-14(2)31-22(28)26-17-9-6-15(7-10-17)21-25-13-19(32-21)18-11-8-16(24)12-20(18)33(29,30)27-23(3,4)5;1-10(2,3)15-9(14)11-6-4-5-7(11)8(12)13;;;;;;;;/h11-16,18-20,25,37H,9-10,17H2,1-8H3,(H,35,39)(H,36,40);8-13,15-17,22,29,33H,6-7,14H2,1-5H3,(H,31,34)(H,32,35);6-14,27H,24H2,1-5H3,(H,26,28);7H,4-6H2,1-3H3,(H,12,13);4*1H4;3*1H2;1H/t25-;22-;;7-;;;;;;;;/m00.0......../s1. The summed E-state index contributed by atoms with van der Waals surface area (Å²) in [6.07, 6.45) is 5.49. The molecule has 788 valence electrons. The number of carbonyl (C=O) groups is 8. The molecule has 0 aliphatic carbocycles. The van der Waals surface area contributed by atoms with Crippen LogP contribution in [-0.2, 0) is 68.1 Å². The summed E-state index contributed by atoms with van der Waals surface area (Å²) < 4.78 is 115. The first-order valence-corrected chi connectivity index (χ1v) is 50.7. The molecule has 0 saturated carbocycles. The Morgan fingerprint density at radius 1 is 0.415 bits per heavy atom. The molecule has 44 heteroatoms. The van der Waals surface area contributed by atoms with Gasteiger partial charge in [0.05, 0.1) is 53.7 Å². The molecular formula is C98H147N15O20S9. The van der Waals surface area contributed by atoms with Gasteiger partial charge in [0, 0.05) is 117 Å². The van der Waals surface area contributed by atoms with E-state index in [-0.39, 0.29) is 122 Å². The van der Waals surface area contributed by atoms with Gasteiger partial charge in [0.1, 0.15) is 38.3 Å². The highest BCUT2D eigenvalue weighted by Gasteiger charge is 2.40. The maximum Gasteiger partial charge on any atom is 0.411 e. The van der Waals surface area contributed by atoms with Crippen LogP contribution in [0.3, 0.4) is 0 Å². The molecule has 3 atom stereocenters. The SMILES string of the molecule is C.C.C.C.CC(C)(C)OC(=O)N1CCC[C@H]1C(=O)O.CC(C)OC(=O)Nc1ccc(-c2ncc(-c3ccc(N)cc3S(=O)(=O)NC(C)(C)C)s2)cc1.CC(C)OC(=O)Nc1ccc(-c2ncc(-c3ccc(NC(=O)[C@@H]4CCCN4)cc3S(=O)(=O)NC(C)(C)C)s2)cc1.CC(C)OC(=O)Nc1ccc(-c2ncc(-c3ccc(NC(=O)[C@@H]4CCCN4C(=O)OC(C)(C)C)cc3S(=O)(=O)NC(C)(C)C)s2)cc1.S.S.S.[HH]. The van der Waals surface area contributed by atoms with Crippen molar-refractivity contribution in [3.8, 4) is 63.0 Å². The first-order chi connectivity index (χ1) is 62.8. The van der Waals surface area contributed by atoms with Gasteiger partial charge in [-0.1, -0.05) is 47.9 Å². The second-order valence-corrected chi connectivity index (χ2v) is 46.0. The molecule has 3 fully saturated rings. The number of ether oxygens (including phenoxy) is 5. The summed E-state index contributed by atoms with van der Waals surface area (Å²) >= 11 is 4.01. The van der Waals surface area contributed by atoms with Gasteiger partial charge in [0.15, 0.2) is 0 Å². The van der Waals surface area contributed by atoms with Crippen LogP contribution in [0.2, 0.25) is 0 Å². The molecule has 3 aliphatic rings. The van der Waals surface area contributed by atoms with Crippen LogP contribution < -0.4 is 51.8 Å². The molecule has 3 saturated heterocycles. The summed E-state index contributed by atoms with van der Waals surface area (Å²) in [5.41, 5.74) is 9.09. The number of thiazole rings is 3. The largest absolute Gasteiger partial charge is 0.480 e. The Morgan fingerprint density at radius 2 is 0.711 bits per heavy atom. The first kappa shape index (κ1) is 128. The normalized spacial score (nSPS) is 14.6. The highest BCUT2D eigenvalue weighted by atomic mass is 32.2. The van der Waals surface area contributed by atoms with Crippen molar-refractivity contribution >= 4 is 187 Å².